The molecule has 0 radical (unpaired) electrons. The molecule has 37 heavy (non-hydrogen) atoms. The second kappa shape index (κ2) is 11.1. The highest BCUT2D eigenvalue weighted by molar-refractivity contribution is 5.80. The molecule has 4 rings (SSSR count). The fourth-order valence-corrected chi connectivity index (χ4v) is 5.09. The average molecular weight is 522 g/mol. The standard InChI is InChI=1S/C26H37F2N5O4/c1-26(2,3)37-25(36)33-8-6-17(7-9-33)24(35)32-12-10-31(11-13-32)23-20(27)14-19(15-21(23)28)30-18-4-5-22(34)29-16-18/h14-15,17-18,30H,4-13,16H2,1-3H3,(H,29,34). The smallest absolute Gasteiger partial charge is 0.410 e. The van der Waals surface area contributed by atoms with E-state index in [4.69, 9.17) is 4.74 Å². The number of nitrogens with zero attached hydrogens (tertiary/aromatic N) is 3. The van der Waals surface area contributed by atoms with Gasteiger partial charge in [-0.15, -0.1) is 0 Å². The van der Waals surface area contributed by atoms with Gasteiger partial charge in [-0.1, -0.05) is 0 Å². The van der Waals surface area contributed by atoms with Crippen molar-refractivity contribution >= 4 is 29.3 Å². The monoisotopic (exact) mass is 521 g/mol. The van der Waals surface area contributed by atoms with E-state index in [2.05, 4.69) is 10.6 Å². The molecule has 1 unspecified atom stereocenters. The number of benzene rings is 1. The summed E-state index contributed by atoms with van der Waals surface area (Å²) in [7, 11) is 0. The number of ether oxygens (including phenoxy) is 1. The van der Waals surface area contributed by atoms with Crippen molar-refractivity contribution in [3.05, 3.63) is 23.8 Å². The van der Waals surface area contributed by atoms with Crippen molar-refractivity contribution in [2.75, 3.05) is 56.0 Å². The SMILES string of the molecule is CC(C)(C)OC(=O)N1CCC(C(=O)N2CCN(c3c(F)cc(NC4CCC(=O)NC4)cc3F)CC2)CC1. The van der Waals surface area contributed by atoms with Crippen LogP contribution in [0.5, 0.6) is 0 Å². The molecular formula is C26H37F2N5O4. The van der Waals surface area contributed by atoms with Gasteiger partial charge in [-0.2, -0.15) is 0 Å². The van der Waals surface area contributed by atoms with Crippen molar-refractivity contribution in [2.45, 2.75) is 58.1 Å². The van der Waals surface area contributed by atoms with Crippen LogP contribution >= 0.6 is 0 Å². The first-order valence-corrected chi connectivity index (χ1v) is 13.0. The van der Waals surface area contributed by atoms with Crippen molar-refractivity contribution < 1.29 is 27.9 Å². The lowest BCUT2D eigenvalue weighted by Crippen LogP contribution is -2.52. The van der Waals surface area contributed by atoms with Crippen molar-refractivity contribution in [3.63, 3.8) is 0 Å². The molecule has 1 aromatic carbocycles. The Balaban J connectivity index is 1.28. The highest BCUT2D eigenvalue weighted by Crippen LogP contribution is 2.30. The zero-order valence-corrected chi connectivity index (χ0v) is 21.8. The molecule has 3 amide bonds. The van der Waals surface area contributed by atoms with Crippen LogP contribution < -0.4 is 15.5 Å². The minimum Gasteiger partial charge on any atom is -0.444 e. The Bertz CT molecular complexity index is 982. The molecule has 3 saturated heterocycles. The number of carbonyl (C=O) groups is 3. The first-order valence-electron chi connectivity index (χ1n) is 13.0. The van der Waals surface area contributed by atoms with E-state index in [9.17, 15) is 23.2 Å². The summed E-state index contributed by atoms with van der Waals surface area (Å²) in [6.45, 7) is 8.24. The third kappa shape index (κ3) is 6.81. The van der Waals surface area contributed by atoms with E-state index in [1.165, 1.54) is 12.1 Å². The number of piperidine rings is 2. The van der Waals surface area contributed by atoms with Gasteiger partial charge in [-0.25, -0.2) is 13.6 Å². The summed E-state index contributed by atoms with van der Waals surface area (Å²) in [5.41, 5.74) is -0.306. The summed E-state index contributed by atoms with van der Waals surface area (Å²) in [5, 5.41) is 5.84. The Morgan fingerprint density at radius 1 is 0.973 bits per heavy atom. The molecule has 1 atom stereocenters. The fraction of sp³-hybridized carbons (Fsp3) is 0.654. The van der Waals surface area contributed by atoms with Crippen LogP contribution in [-0.2, 0) is 14.3 Å². The number of hydrogen-bond donors (Lipinski definition) is 2. The lowest BCUT2D eigenvalue weighted by molar-refractivity contribution is -0.137. The molecule has 204 valence electrons. The topological polar surface area (TPSA) is 94.2 Å². The van der Waals surface area contributed by atoms with Crippen LogP contribution in [0.3, 0.4) is 0 Å². The van der Waals surface area contributed by atoms with Gasteiger partial charge in [0.25, 0.3) is 0 Å². The lowest BCUT2D eigenvalue weighted by atomic mass is 9.95. The van der Waals surface area contributed by atoms with Crippen LogP contribution in [0.4, 0.5) is 25.0 Å². The Morgan fingerprint density at radius 2 is 1.59 bits per heavy atom. The van der Waals surface area contributed by atoms with E-state index in [1.807, 2.05) is 20.8 Å². The zero-order chi connectivity index (χ0) is 26.7. The van der Waals surface area contributed by atoms with E-state index in [0.717, 1.165) is 0 Å². The predicted octanol–water partition coefficient (Wildman–Crippen LogP) is 2.95. The molecule has 0 aromatic heterocycles. The summed E-state index contributed by atoms with van der Waals surface area (Å²) in [6, 6.07) is 2.49. The molecule has 1 aromatic rings. The molecular weight excluding hydrogens is 484 g/mol. The average Bonchev–Trinajstić information content (AvgIpc) is 2.84. The summed E-state index contributed by atoms with van der Waals surface area (Å²) < 4.78 is 35.3. The van der Waals surface area contributed by atoms with Crippen molar-refractivity contribution in [1.29, 1.82) is 0 Å². The zero-order valence-electron chi connectivity index (χ0n) is 21.8. The van der Waals surface area contributed by atoms with Gasteiger partial charge in [0, 0.05) is 69.9 Å². The summed E-state index contributed by atoms with van der Waals surface area (Å²) in [4.78, 5) is 41.7. The number of anilines is 2. The molecule has 3 fully saturated rings. The Kier molecular flexibility index (Phi) is 8.08. The van der Waals surface area contributed by atoms with Gasteiger partial charge in [-0.3, -0.25) is 9.59 Å². The Hall–Kier alpha value is -3.11. The Labute approximate surface area is 216 Å². The number of hydrogen-bond acceptors (Lipinski definition) is 6. The highest BCUT2D eigenvalue weighted by Gasteiger charge is 2.34. The lowest BCUT2D eigenvalue weighted by Gasteiger charge is -2.39. The van der Waals surface area contributed by atoms with E-state index >= 15 is 0 Å². The third-order valence-electron chi connectivity index (χ3n) is 7.06. The van der Waals surface area contributed by atoms with Crippen molar-refractivity contribution in [1.82, 2.24) is 15.1 Å². The summed E-state index contributed by atoms with van der Waals surface area (Å²) in [6.07, 6.45) is 1.77. The molecule has 3 heterocycles. The van der Waals surface area contributed by atoms with E-state index in [0.29, 0.717) is 77.2 Å². The normalized spacial score (nSPS) is 21.5. The molecule has 11 heteroatoms. The third-order valence-corrected chi connectivity index (χ3v) is 7.06. The maximum atomic E-state index is 14.9. The molecule has 3 aliphatic heterocycles. The number of halogens is 2. The largest absolute Gasteiger partial charge is 0.444 e. The van der Waals surface area contributed by atoms with Crippen LogP contribution in [0.2, 0.25) is 0 Å². The summed E-state index contributed by atoms with van der Waals surface area (Å²) >= 11 is 0. The number of rotatable bonds is 4. The van der Waals surface area contributed by atoms with E-state index < -0.39 is 17.2 Å². The van der Waals surface area contributed by atoms with Crippen LogP contribution in [0.25, 0.3) is 0 Å². The molecule has 2 N–H and O–H groups in total. The molecule has 0 spiro atoms. The van der Waals surface area contributed by atoms with Gasteiger partial charge in [-0.05, 0) is 52.2 Å². The molecule has 9 nitrogen and oxygen atoms in total. The van der Waals surface area contributed by atoms with E-state index in [-0.39, 0.29) is 35.6 Å². The van der Waals surface area contributed by atoms with Gasteiger partial charge >= 0.3 is 6.09 Å². The number of likely N-dealkylation sites (tertiary alicyclic amines) is 1. The maximum absolute atomic E-state index is 14.9. The quantitative estimate of drug-likeness (QED) is 0.633. The van der Waals surface area contributed by atoms with Crippen LogP contribution in [0.1, 0.15) is 46.5 Å². The minimum atomic E-state index is -0.656. The van der Waals surface area contributed by atoms with Gasteiger partial charge in [0.05, 0.1) is 0 Å². The fourth-order valence-electron chi connectivity index (χ4n) is 5.09. The maximum Gasteiger partial charge on any atom is 0.410 e. The predicted molar refractivity (Wildman–Crippen MR) is 135 cm³/mol. The first kappa shape index (κ1) is 26.9. The minimum absolute atomic E-state index is 0.0188. The van der Waals surface area contributed by atoms with Crippen LogP contribution in [0.15, 0.2) is 12.1 Å². The number of nitrogens with one attached hydrogen (secondary N) is 2. The van der Waals surface area contributed by atoms with E-state index in [1.54, 1.807) is 14.7 Å². The highest BCUT2D eigenvalue weighted by atomic mass is 19.1. The van der Waals surface area contributed by atoms with Gasteiger partial charge in [0.1, 0.15) is 11.3 Å². The first-order chi connectivity index (χ1) is 17.5. The van der Waals surface area contributed by atoms with Crippen LogP contribution in [-0.4, -0.2) is 85.2 Å². The van der Waals surface area contributed by atoms with Crippen LogP contribution in [0, 0.1) is 17.6 Å². The number of amides is 3. The van der Waals surface area contributed by atoms with Crippen molar-refractivity contribution in [2.24, 2.45) is 5.92 Å². The van der Waals surface area contributed by atoms with Gasteiger partial charge in [0.2, 0.25) is 11.8 Å². The van der Waals surface area contributed by atoms with Gasteiger partial charge in [0.15, 0.2) is 11.6 Å². The molecule has 0 saturated carbocycles. The second-order valence-corrected chi connectivity index (χ2v) is 11.0. The number of carbonyl (C=O) groups excluding carboxylic acids is 3. The summed E-state index contributed by atoms with van der Waals surface area (Å²) in [5.74, 6) is -1.47. The number of piperazine rings is 1. The van der Waals surface area contributed by atoms with Crippen molar-refractivity contribution in [3.8, 4) is 0 Å². The Morgan fingerprint density at radius 3 is 2.14 bits per heavy atom. The molecule has 0 aliphatic carbocycles. The van der Waals surface area contributed by atoms with Gasteiger partial charge < -0.3 is 30.1 Å². The molecule has 3 aliphatic rings. The second-order valence-electron chi connectivity index (χ2n) is 11.0. The molecule has 0 bridgehead atoms.